The Kier molecular flexibility index (Phi) is 13.8. The zero-order valence-electron chi connectivity index (χ0n) is 14.4. The first kappa shape index (κ1) is 21.1. The number of hydrogen-bond acceptors (Lipinski definition) is 2. The standard InChI is InChI=1S/C16H36NO3P/c1-4-7-9-11-13-15-17(21(18,19)20-6-3)16-14-12-10-8-5-2/h4-16H2,1-3H3,(H,18,19). The van der Waals surface area contributed by atoms with Crippen LogP contribution in [0, 0.1) is 0 Å². The third-order valence-electron chi connectivity index (χ3n) is 3.69. The molecule has 0 bridgehead atoms. The van der Waals surface area contributed by atoms with Gasteiger partial charge in [0.15, 0.2) is 0 Å². The molecular formula is C16H36NO3P. The second-order valence-electron chi connectivity index (χ2n) is 5.69. The summed E-state index contributed by atoms with van der Waals surface area (Å²) in [5.74, 6) is 0. The van der Waals surface area contributed by atoms with Crippen LogP contribution < -0.4 is 0 Å². The van der Waals surface area contributed by atoms with Crippen LogP contribution in [0.3, 0.4) is 0 Å². The summed E-state index contributed by atoms with van der Waals surface area (Å²) in [5.41, 5.74) is 0. The van der Waals surface area contributed by atoms with Crippen LogP contribution in [-0.4, -0.2) is 29.3 Å². The zero-order valence-corrected chi connectivity index (χ0v) is 15.2. The molecule has 0 saturated heterocycles. The Morgan fingerprint density at radius 1 is 0.810 bits per heavy atom. The molecule has 1 unspecified atom stereocenters. The lowest BCUT2D eigenvalue weighted by molar-refractivity contribution is 0.206. The van der Waals surface area contributed by atoms with Crippen molar-refractivity contribution in [3.63, 3.8) is 0 Å². The smallest absolute Gasteiger partial charge is 0.312 e. The molecule has 5 heteroatoms. The molecule has 0 amide bonds. The van der Waals surface area contributed by atoms with Gasteiger partial charge in [-0.3, -0.25) is 4.52 Å². The van der Waals surface area contributed by atoms with Crippen molar-refractivity contribution in [2.75, 3.05) is 19.7 Å². The minimum Gasteiger partial charge on any atom is -0.312 e. The molecule has 21 heavy (non-hydrogen) atoms. The predicted octanol–water partition coefficient (Wildman–Crippen LogP) is 5.37. The maximum atomic E-state index is 12.2. The van der Waals surface area contributed by atoms with Gasteiger partial charge in [-0.25, -0.2) is 9.24 Å². The lowest BCUT2D eigenvalue weighted by Crippen LogP contribution is -2.24. The van der Waals surface area contributed by atoms with Gasteiger partial charge in [0.1, 0.15) is 0 Å². The Morgan fingerprint density at radius 3 is 1.62 bits per heavy atom. The van der Waals surface area contributed by atoms with Crippen molar-refractivity contribution in [1.29, 1.82) is 0 Å². The summed E-state index contributed by atoms with van der Waals surface area (Å²) < 4.78 is 19.0. The van der Waals surface area contributed by atoms with E-state index in [0.717, 1.165) is 25.7 Å². The maximum Gasteiger partial charge on any atom is 0.405 e. The van der Waals surface area contributed by atoms with Crippen molar-refractivity contribution >= 4 is 7.75 Å². The van der Waals surface area contributed by atoms with Crippen LogP contribution in [0.1, 0.15) is 85.0 Å². The minimum absolute atomic E-state index is 0.288. The molecule has 0 aliphatic carbocycles. The molecule has 0 spiro atoms. The van der Waals surface area contributed by atoms with E-state index in [4.69, 9.17) is 4.52 Å². The second-order valence-corrected chi connectivity index (χ2v) is 7.50. The Balaban J connectivity index is 4.12. The van der Waals surface area contributed by atoms with Gasteiger partial charge in [-0.2, -0.15) is 0 Å². The van der Waals surface area contributed by atoms with E-state index in [0.29, 0.717) is 13.1 Å². The summed E-state index contributed by atoms with van der Waals surface area (Å²) in [6, 6.07) is 0. The minimum atomic E-state index is -3.58. The van der Waals surface area contributed by atoms with E-state index < -0.39 is 7.75 Å². The molecule has 0 saturated carbocycles. The molecule has 0 aromatic carbocycles. The highest BCUT2D eigenvalue weighted by atomic mass is 31.2. The molecule has 1 atom stereocenters. The van der Waals surface area contributed by atoms with Gasteiger partial charge in [-0.05, 0) is 19.8 Å². The van der Waals surface area contributed by atoms with Gasteiger partial charge in [0, 0.05) is 13.1 Å². The summed E-state index contributed by atoms with van der Waals surface area (Å²) in [5, 5.41) is 0. The Morgan fingerprint density at radius 2 is 1.24 bits per heavy atom. The monoisotopic (exact) mass is 321 g/mol. The van der Waals surface area contributed by atoms with Gasteiger partial charge >= 0.3 is 7.75 Å². The Bertz CT molecular complexity index is 260. The third kappa shape index (κ3) is 11.3. The fraction of sp³-hybridized carbons (Fsp3) is 1.00. The molecule has 0 aliphatic heterocycles. The van der Waals surface area contributed by atoms with Crippen molar-refractivity contribution < 1.29 is 14.0 Å². The number of hydrogen-bond donors (Lipinski definition) is 1. The predicted molar refractivity (Wildman–Crippen MR) is 90.5 cm³/mol. The summed E-state index contributed by atoms with van der Waals surface area (Å²) in [7, 11) is -3.58. The fourth-order valence-corrected chi connectivity index (χ4v) is 3.70. The molecule has 0 aromatic heterocycles. The van der Waals surface area contributed by atoms with Gasteiger partial charge in [0.25, 0.3) is 0 Å². The first-order valence-electron chi connectivity index (χ1n) is 8.81. The van der Waals surface area contributed by atoms with Crippen LogP contribution in [0.15, 0.2) is 0 Å². The summed E-state index contributed by atoms with van der Waals surface area (Å²) in [6.45, 7) is 7.79. The van der Waals surface area contributed by atoms with Gasteiger partial charge in [-0.1, -0.05) is 65.2 Å². The molecule has 0 radical (unpaired) electrons. The van der Waals surface area contributed by atoms with Crippen molar-refractivity contribution in [3.8, 4) is 0 Å². The van der Waals surface area contributed by atoms with Crippen LogP contribution in [0.2, 0.25) is 0 Å². The summed E-state index contributed by atoms with van der Waals surface area (Å²) >= 11 is 0. The molecule has 128 valence electrons. The van der Waals surface area contributed by atoms with Crippen LogP contribution in [0.4, 0.5) is 0 Å². The van der Waals surface area contributed by atoms with Gasteiger partial charge in [0.2, 0.25) is 0 Å². The maximum absolute atomic E-state index is 12.2. The van der Waals surface area contributed by atoms with Crippen molar-refractivity contribution in [2.24, 2.45) is 0 Å². The van der Waals surface area contributed by atoms with Crippen molar-refractivity contribution in [2.45, 2.75) is 85.0 Å². The Hall–Kier alpha value is 0.110. The average Bonchev–Trinajstić information content (AvgIpc) is 2.44. The largest absolute Gasteiger partial charge is 0.405 e. The van der Waals surface area contributed by atoms with E-state index in [1.807, 2.05) is 0 Å². The molecular weight excluding hydrogens is 285 g/mol. The molecule has 0 aliphatic rings. The Labute approximate surface area is 131 Å². The molecule has 0 rings (SSSR count). The third-order valence-corrected chi connectivity index (χ3v) is 5.40. The lowest BCUT2D eigenvalue weighted by atomic mass is 10.1. The lowest BCUT2D eigenvalue weighted by Gasteiger charge is -2.26. The molecule has 0 aromatic rings. The van der Waals surface area contributed by atoms with E-state index in [2.05, 4.69) is 13.8 Å². The SMILES string of the molecule is CCCCCCCN(CCCCCCC)P(=O)(O)OCC. The van der Waals surface area contributed by atoms with Crippen LogP contribution >= 0.6 is 7.75 Å². The van der Waals surface area contributed by atoms with E-state index in [-0.39, 0.29) is 6.61 Å². The zero-order chi connectivity index (χ0) is 16.0. The number of rotatable bonds is 15. The summed E-state index contributed by atoms with van der Waals surface area (Å²) in [6.07, 6.45) is 11.6. The van der Waals surface area contributed by atoms with E-state index in [1.165, 1.54) is 38.5 Å². The highest BCUT2D eigenvalue weighted by molar-refractivity contribution is 7.50. The van der Waals surface area contributed by atoms with E-state index in [9.17, 15) is 9.46 Å². The first-order valence-corrected chi connectivity index (χ1v) is 10.3. The van der Waals surface area contributed by atoms with Gasteiger partial charge < -0.3 is 4.89 Å². The van der Waals surface area contributed by atoms with Crippen LogP contribution in [-0.2, 0) is 9.09 Å². The van der Waals surface area contributed by atoms with Crippen LogP contribution in [0.25, 0.3) is 0 Å². The average molecular weight is 321 g/mol. The summed E-state index contributed by atoms with van der Waals surface area (Å²) in [4.78, 5) is 10.0. The number of unbranched alkanes of at least 4 members (excludes halogenated alkanes) is 8. The second kappa shape index (κ2) is 13.8. The van der Waals surface area contributed by atoms with Crippen LogP contribution in [0.5, 0.6) is 0 Å². The normalized spacial score (nSPS) is 14.5. The highest BCUT2D eigenvalue weighted by Gasteiger charge is 2.28. The fourth-order valence-electron chi connectivity index (χ4n) is 2.41. The topological polar surface area (TPSA) is 49.8 Å². The highest BCUT2D eigenvalue weighted by Crippen LogP contribution is 2.46. The van der Waals surface area contributed by atoms with Crippen molar-refractivity contribution in [1.82, 2.24) is 4.67 Å². The van der Waals surface area contributed by atoms with E-state index in [1.54, 1.807) is 11.6 Å². The number of nitrogens with zero attached hydrogens (tertiary/aromatic N) is 1. The van der Waals surface area contributed by atoms with E-state index >= 15 is 0 Å². The first-order chi connectivity index (χ1) is 10.1. The molecule has 4 nitrogen and oxygen atoms in total. The van der Waals surface area contributed by atoms with Crippen molar-refractivity contribution in [3.05, 3.63) is 0 Å². The molecule has 0 heterocycles. The molecule has 0 fully saturated rings. The quantitative estimate of drug-likeness (QED) is 0.325. The molecule has 1 N–H and O–H groups in total. The van der Waals surface area contributed by atoms with Gasteiger partial charge in [-0.15, -0.1) is 0 Å². The van der Waals surface area contributed by atoms with Gasteiger partial charge in [0.05, 0.1) is 6.61 Å².